The number of benzene rings is 2. The van der Waals surface area contributed by atoms with Crippen LogP contribution in [0, 0.1) is 13.8 Å². The van der Waals surface area contributed by atoms with Gasteiger partial charge < -0.3 is 4.57 Å². The maximum atomic E-state index is 5.97. The summed E-state index contributed by atoms with van der Waals surface area (Å²) in [6.45, 7) is 4.27. The number of hydrogen-bond acceptors (Lipinski definition) is 4. The zero-order chi connectivity index (χ0) is 19.7. The van der Waals surface area contributed by atoms with Crippen LogP contribution in [-0.2, 0) is 12.8 Å². The van der Waals surface area contributed by atoms with Crippen LogP contribution in [0.3, 0.4) is 0 Å². The molecule has 0 aliphatic carbocycles. The van der Waals surface area contributed by atoms with Gasteiger partial charge in [-0.15, -0.1) is 21.5 Å². The highest BCUT2D eigenvalue weighted by molar-refractivity contribution is 7.98. The van der Waals surface area contributed by atoms with E-state index >= 15 is 0 Å². The minimum absolute atomic E-state index is 0.756. The van der Waals surface area contributed by atoms with E-state index in [-0.39, 0.29) is 0 Å². The standard InChI is InChI=1S/C22H20ClN3S2/c1-14-4-8-17(9-5-14)20-15(2)27-13-19(20)21-24-25-22(26(21)3)28-12-16-6-10-18(23)11-7-16/h4-11,13H,12H2,1-3H3. The van der Waals surface area contributed by atoms with Crippen molar-refractivity contribution in [1.29, 1.82) is 0 Å². The fourth-order valence-electron chi connectivity index (χ4n) is 3.10. The fourth-order valence-corrected chi connectivity index (χ4v) is 4.96. The molecule has 0 unspecified atom stereocenters. The third kappa shape index (κ3) is 3.88. The number of rotatable bonds is 5. The van der Waals surface area contributed by atoms with E-state index < -0.39 is 0 Å². The van der Waals surface area contributed by atoms with Gasteiger partial charge in [0, 0.05) is 39.2 Å². The fraction of sp³-hybridized carbons (Fsp3) is 0.182. The second-order valence-electron chi connectivity index (χ2n) is 6.73. The second kappa shape index (κ2) is 8.11. The van der Waals surface area contributed by atoms with Gasteiger partial charge in [-0.2, -0.15) is 0 Å². The van der Waals surface area contributed by atoms with Crippen LogP contribution >= 0.6 is 34.7 Å². The summed E-state index contributed by atoms with van der Waals surface area (Å²) in [5, 5.41) is 12.8. The van der Waals surface area contributed by atoms with Gasteiger partial charge in [-0.3, -0.25) is 0 Å². The Morgan fingerprint density at radius 1 is 1.00 bits per heavy atom. The van der Waals surface area contributed by atoms with Gasteiger partial charge in [0.2, 0.25) is 0 Å². The van der Waals surface area contributed by atoms with Gasteiger partial charge in [0.25, 0.3) is 0 Å². The van der Waals surface area contributed by atoms with Crippen LogP contribution in [0.25, 0.3) is 22.5 Å². The number of halogens is 1. The average Bonchev–Trinajstić information content (AvgIpc) is 3.24. The van der Waals surface area contributed by atoms with E-state index in [9.17, 15) is 0 Å². The van der Waals surface area contributed by atoms with Crippen molar-refractivity contribution in [3.63, 3.8) is 0 Å². The monoisotopic (exact) mass is 425 g/mol. The van der Waals surface area contributed by atoms with Crippen molar-refractivity contribution in [3.8, 4) is 22.5 Å². The zero-order valence-electron chi connectivity index (χ0n) is 15.9. The third-order valence-electron chi connectivity index (χ3n) is 4.67. The summed E-state index contributed by atoms with van der Waals surface area (Å²) in [4.78, 5) is 1.29. The molecule has 0 aliphatic heterocycles. The van der Waals surface area contributed by atoms with E-state index in [2.05, 4.69) is 58.3 Å². The Hall–Kier alpha value is -2.08. The molecule has 2 aromatic heterocycles. The van der Waals surface area contributed by atoms with Gasteiger partial charge in [0.15, 0.2) is 11.0 Å². The molecule has 0 atom stereocenters. The van der Waals surface area contributed by atoms with Crippen LogP contribution in [0.1, 0.15) is 16.0 Å². The Kier molecular flexibility index (Phi) is 5.58. The molecule has 0 aliphatic rings. The molecule has 28 heavy (non-hydrogen) atoms. The van der Waals surface area contributed by atoms with Crippen LogP contribution in [0.15, 0.2) is 59.1 Å². The third-order valence-corrected chi connectivity index (χ3v) is 6.93. The first-order valence-electron chi connectivity index (χ1n) is 8.95. The number of aryl methyl sites for hydroxylation is 2. The van der Waals surface area contributed by atoms with Crippen LogP contribution in [0.5, 0.6) is 0 Å². The lowest BCUT2D eigenvalue weighted by Gasteiger charge is -2.08. The Bertz CT molecular complexity index is 1100. The first-order chi connectivity index (χ1) is 13.5. The van der Waals surface area contributed by atoms with Crippen molar-refractivity contribution >= 4 is 34.7 Å². The van der Waals surface area contributed by atoms with Crippen molar-refractivity contribution in [2.75, 3.05) is 0 Å². The molecule has 142 valence electrons. The summed E-state index contributed by atoms with van der Waals surface area (Å²) >= 11 is 9.40. The van der Waals surface area contributed by atoms with Gasteiger partial charge in [-0.25, -0.2) is 0 Å². The topological polar surface area (TPSA) is 30.7 Å². The van der Waals surface area contributed by atoms with E-state index in [1.165, 1.54) is 27.1 Å². The summed E-state index contributed by atoms with van der Waals surface area (Å²) in [5.74, 6) is 1.73. The average molecular weight is 426 g/mol. The summed E-state index contributed by atoms with van der Waals surface area (Å²) in [6.07, 6.45) is 0. The Morgan fingerprint density at radius 3 is 2.43 bits per heavy atom. The maximum Gasteiger partial charge on any atom is 0.191 e. The normalized spacial score (nSPS) is 11.1. The summed E-state index contributed by atoms with van der Waals surface area (Å²) in [7, 11) is 2.03. The van der Waals surface area contributed by atoms with E-state index in [1.54, 1.807) is 23.1 Å². The molecule has 2 aromatic carbocycles. The smallest absolute Gasteiger partial charge is 0.191 e. The van der Waals surface area contributed by atoms with Gasteiger partial charge in [-0.05, 0) is 37.1 Å². The lowest BCUT2D eigenvalue weighted by Crippen LogP contribution is -1.95. The number of thiophene rings is 1. The van der Waals surface area contributed by atoms with Crippen LogP contribution in [-0.4, -0.2) is 14.8 Å². The minimum Gasteiger partial charge on any atom is -0.305 e. The largest absolute Gasteiger partial charge is 0.305 e. The van der Waals surface area contributed by atoms with Crippen molar-refractivity contribution in [2.24, 2.45) is 7.05 Å². The first kappa shape index (κ1) is 19.2. The van der Waals surface area contributed by atoms with E-state index in [0.29, 0.717) is 0 Å². The van der Waals surface area contributed by atoms with Gasteiger partial charge >= 0.3 is 0 Å². The SMILES string of the molecule is Cc1ccc(-c2c(-c3nnc(SCc4ccc(Cl)cc4)n3C)csc2C)cc1. The molecule has 0 amide bonds. The highest BCUT2D eigenvalue weighted by Crippen LogP contribution is 2.39. The predicted octanol–water partition coefficient (Wildman–Crippen LogP) is 6.77. The van der Waals surface area contributed by atoms with Crippen molar-refractivity contribution in [1.82, 2.24) is 14.8 Å². The van der Waals surface area contributed by atoms with Crippen molar-refractivity contribution < 1.29 is 0 Å². The number of hydrogen-bond donors (Lipinski definition) is 0. The summed E-state index contributed by atoms with van der Waals surface area (Å²) < 4.78 is 2.08. The molecule has 3 nitrogen and oxygen atoms in total. The van der Waals surface area contributed by atoms with Crippen molar-refractivity contribution in [3.05, 3.63) is 74.9 Å². The summed E-state index contributed by atoms with van der Waals surface area (Å²) in [5.41, 5.74) is 6.08. The molecular formula is C22H20ClN3S2. The molecule has 4 aromatic rings. The summed E-state index contributed by atoms with van der Waals surface area (Å²) in [6, 6.07) is 16.6. The molecule has 2 heterocycles. The highest BCUT2D eigenvalue weighted by Gasteiger charge is 2.18. The van der Waals surface area contributed by atoms with E-state index in [4.69, 9.17) is 11.6 Å². The molecule has 0 bridgehead atoms. The van der Waals surface area contributed by atoms with Gasteiger partial charge in [0.1, 0.15) is 0 Å². The predicted molar refractivity (Wildman–Crippen MR) is 120 cm³/mol. The first-order valence-corrected chi connectivity index (χ1v) is 11.2. The van der Waals surface area contributed by atoms with Gasteiger partial charge in [-0.1, -0.05) is 65.3 Å². The molecule has 0 saturated heterocycles. The maximum absolute atomic E-state index is 5.97. The molecule has 0 fully saturated rings. The van der Waals surface area contributed by atoms with Gasteiger partial charge in [0.05, 0.1) is 0 Å². The molecular weight excluding hydrogens is 406 g/mol. The Morgan fingerprint density at radius 2 is 1.71 bits per heavy atom. The molecule has 0 radical (unpaired) electrons. The number of aromatic nitrogens is 3. The van der Waals surface area contributed by atoms with Crippen molar-refractivity contribution in [2.45, 2.75) is 24.8 Å². The number of thioether (sulfide) groups is 1. The van der Waals surface area contributed by atoms with E-state index in [1.807, 2.05) is 31.3 Å². The Balaban J connectivity index is 1.63. The Labute approximate surface area is 178 Å². The second-order valence-corrected chi connectivity index (χ2v) is 9.19. The lowest BCUT2D eigenvalue weighted by atomic mass is 10.0. The van der Waals surface area contributed by atoms with Crippen LogP contribution in [0.2, 0.25) is 5.02 Å². The zero-order valence-corrected chi connectivity index (χ0v) is 18.3. The molecule has 6 heteroatoms. The molecule has 0 spiro atoms. The lowest BCUT2D eigenvalue weighted by molar-refractivity contribution is 0.794. The molecule has 4 rings (SSSR count). The highest BCUT2D eigenvalue weighted by atomic mass is 35.5. The minimum atomic E-state index is 0.756. The number of nitrogens with zero attached hydrogens (tertiary/aromatic N) is 3. The van der Waals surface area contributed by atoms with E-state index in [0.717, 1.165) is 27.3 Å². The quantitative estimate of drug-likeness (QED) is 0.330. The molecule has 0 N–H and O–H groups in total. The molecule has 0 saturated carbocycles. The van der Waals surface area contributed by atoms with Crippen LogP contribution < -0.4 is 0 Å². The van der Waals surface area contributed by atoms with Crippen LogP contribution in [0.4, 0.5) is 0 Å².